The molecule has 0 aliphatic rings. The van der Waals surface area contributed by atoms with Crippen LogP contribution in [0.15, 0.2) is 12.3 Å². The minimum Gasteiger partial charge on any atom is -0.354 e. The molecule has 0 unspecified atom stereocenters. The van der Waals surface area contributed by atoms with E-state index in [9.17, 15) is 8.78 Å². The first kappa shape index (κ1) is 12.4. The second-order valence-corrected chi connectivity index (χ2v) is 3.95. The van der Waals surface area contributed by atoms with E-state index in [0.29, 0.717) is 5.82 Å². The van der Waals surface area contributed by atoms with E-state index in [0.717, 1.165) is 16.5 Å². The van der Waals surface area contributed by atoms with Crippen molar-refractivity contribution in [2.45, 2.75) is 18.7 Å². The molecule has 1 aromatic heterocycles. The first-order chi connectivity index (χ1) is 7.04. The van der Waals surface area contributed by atoms with Crippen LogP contribution in [-0.4, -0.2) is 25.0 Å². The van der Waals surface area contributed by atoms with Crippen LogP contribution in [0.2, 0.25) is 0 Å². The smallest absolute Gasteiger partial charge is 0.255 e. The maximum atomic E-state index is 12.2. The Balaban J connectivity index is 2.85. The number of hydrogen-bond acceptors (Lipinski definition) is 2. The standard InChI is InChI=1S/C10H13BrF2N2/c1-7-3-8(4-11)5-14-10(7)15(2)6-9(12)13/h3,5,9H,4,6H2,1-2H3. The van der Waals surface area contributed by atoms with Crippen LogP contribution in [0.5, 0.6) is 0 Å². The second kappa shape index (κ2) is 5.39. The van der Waals surface area contributed by atoms with Gasteiger partial charge >= 0.3 is 0 Å². The highest BCUT2D eigenvalue weighted by Crippen LogP contribution is 2.18. The van der Waals surface area contributed by atoms with Crippen molar-refractivity contribution >= 4 is 21.7 Å². The number of aryl methyl sites for hydroxylation is 1. The summed E-state index contributed by atoms with van der Waals surface area (Å²) >= 11 is 3.32. The molecule has 1 rings (SSSR count). The molecule has 1 heterocycles. The quantitative estimate of drug-likeness (QED) is 0.788. The Morgan fingerprint density at radius 2 is 2.20 bits per heavy atom. The topological polar surface area (TPSA) is 16.1 Å². The molecule has 0 atom stereocenters. The summed E-state index contributed by atoms with van der Waals surface area (Å²) in [4.78, 5) is 5.63. The zero-order valence-corrected chi connectivity index (χ0v) is 10.3. The maximum Gasteiger partial charge on any atom is 0.255 e. The van der Waals surface area contributed by atoms with E-state index in [2.05, 4.69) is 20.9 Å². The van der Waals surface area contributed by atoms with Crippen LogP contribution in [0, 0.1) is 6.92 Å². The molecule has 0 aromatic carbocycles. The van der Waals surface area contributed by atoms with Crippen molar-refractivity contribution in [3.63, 3.8) is 0 Å². The van der Waals surface area contributed by atoms with E-state index >= 15 is 0 Å². The van der Waals surface area contributed by atoms with Gasteiger partial charge in [-0.2, -0.15) is 0 Å². The molecule has 0 amide bonds. The van der Waals surface area contributed by atoms with Gasteiger partial charge in [0.25, 0.3) is 6.43 Å². The van der Waals surface area contributed by atoms with Crippen LogP contribution < -0.4 is 4.90 Å². The zero-order chi connectivity index (χ0) is 11.4. The van der Waals surface area contributed by atoms with E-state index in [1.54, 1.807) is 13.2 Å². The molecular formula is C10H13BrF2N2. The molecule has 5 heteroatoms. The Morgan fingerprint density at radius 1 is 1.53 bits per heavy atom. The van der Waals surface area contributed by atoms with E-state index < -0.39 is 6.43 Å². The Kier molecular flexibility index (Phi) is 4.45. The van der Waals surface area contributed by atoms with Crippen LogP contribution in [0.1, 0.15) is 11.1 Å². The summed E-state index contributed by atoms with van der Waals surface area (Å²) in [5, 5.41) is 0.722. The van der Waals surface area contributed by atoms with Gasteiger partial charge in [-0.15, -0.1) is 0 Å². The first-order valence-corrected chi connectivity index (χ1v) is 5.67. The number of alkyl halides is 3. The van der Waals surface area contributed by atoms with Gasteiger partial charge in [0, 0.05) is 18.6 Å². The van der Waals surface area contributed by atoms with Gasteiger partial charge in [0.05, 0.1) is 6.54 Å². The molecule has 0 bridgehead atoms. The van der Waals surface area contributed by atoms with Crippen molar-refractivity contribution in [1.82, 2.24) is 4.98 Å². The van der Waals surface area contributed by atoms with Gasteiger partial charge < -0.3 is 4.90 Å². The highest BCUT2D eigenvalue weighted by atomic mass is 79.9. The van der Waals surface area contributed by atoms with Crippen molar-refractivity contribution in [3.05, 3.63) is 23.4 Å². The third kappa shape index (κ3) is 3.41. The highest BCUT2D eigenvalue weighted by molar-refractivity contribution is 9.08. The third-order valence-electron chi connectivity index (χ3n) is 2.04. The van der Waals surface area contributed by atoms with Crippen molar-refractivity contribution in [3.8, 4) is 0 Å². The van der Waals surface area contributed by atoms with Crippen molar-refractivity contribution in [2.75, 3.05) is 18.5 Å². The number of halogens is 3. The first-order valence-electron chi connectivity index (χ1n) is 4.55. The van der Waals surface area contributed by atoms with Gasteiger partial charge in [0.1, 0.15) is 5.82 Å². The van der Waals surface area contributed by atoms with Crippen molar-refractivity contribution in [1.29, 1.82) is 0 Å². The molecule has 0 radical (unpaired) electrons. The average molecular weight is 279 g/mol. The van der Waals surface area contributed by atoms with Gasteiger partial charge in [-0.05, 0) is 18.1 Å². The molecule has 15 heavy (non-hydrogen) atoms. The Morgan fingerprint density at radius 3 is 2.67 bits per heavy atom. The van der Waals surface area contributed by atoms with E-state index in [-0.39, 0.29) is 6.54 Å². The number of aromatic nitrogens is 1. The zero-order valence-electron chi connectivity index (χ0n) is 8.67. The van der Waals surface area contributed by atoms with Crippen LogP contribution >= 0.6 is 15.9 Å². The normalized spacial score (nSPS) is 10.8. The van der Waals surface area contributed by atoms with E-state index in [4.69, 9.17) is 0 Å². The predicted octanol–water partition coefficient (Wildman–Crippen LogP) is 2.99. The summed E-state index contributed by atoms with van der Waals surface area (Å²) in [6, 6.07) is 1.94. The molecule has 0 spiro atoms. The number of hydrogen-bond donors (Lipinski definition) is 0. The Hall–Kier alpha value is -0.710. The summed E-state index contributed by atoms with van der Waals surface area (Å²) in [5.41, 5.74) is 1.96. The predicted molar refractivity (Wildman–Crippen MR) is 60.9 cm³/mol. The van der Waals surface area contributed by atoms with Gasteiger partial charge in [-0.1, -0.05) is 22.0 Å². The molecular weight excluding hydrogens is 266 g/mol. The SMILES string of the molecule is Cc1cc(CBr)cnc1N(C)CC(F)F. The van der Waals surface area contributed by atoms with Crippen LogP contribution in [0.3, 0.4) is 0 Å². The van der Waals surface area contributed by atoms with Crippen LogP contribution in [0.25, 0.3) is 0 Å². The number of anilines is 1. The lowest BCUT2D eigenvalue weighted by molar-refractivity contribution is 0.156. The van der Waals surface area contributed by atoms with Crippen LogP contribution in [0.4, 0.5) is 14.6 Å². The van der Waals surface area contributed by atoms with E-state index in [1.807, 2.05) is 13.0 Å². The minimum atomic E-state index is -2.34. The molecule has 0 aliphatic heterocycles. The average Bonchev–Trinajstić information content (AvgIpc) is 2.16. The largest absolute Gasteiger partial charge is 0.354 e. The lowest BCUT2D eigenvalue weighted by atomic mass is 10.2. The highest BCUT2D eigenvalue weighted by Gasteiger charge is 2.11. The summed E-state index contributed by atoms with van der Waals surface area (Å²) in [7, 11) is 1.62. The molecule has 0 fully saturated rings. The lowest BCUT2D eigenvalue weighted by Gasteiger charge is -2.19. The summed E-state index contributed by atoms with van der Waals surface area (Å²) < 4.78 is 24.3. The summed E-state index contributed by atoms with van der Waals surface area (Å²) in [5.74, 6) is 0.611. The van der Waals surface area contributed by atoms with Crippen molar-refractivity contribution < 1.29 is 8.78 Å². The number of nitrogens with zero attached hydrogens (tertiary/aromatic N) is 2. The van der Waals surface area contributed by atoms with Crippen molar-refractivity contribution in [2.24, 2.45) is 0 Å². The minimum absolute atomic E-state index is 0.290. The van der Waals surface area contributed by atoms with Gasteiger partial charge in [-0.3, -0.25) is 0 Å². The molecule has 0 saturated heterocycles. The van der Waals surface area contributed by atoms with Gasteiger partial charge in [0.15, 0.2) is 0 Å². The van der Waals surface area contributed by atoms with E-state index in [1.165, 1.54) is 4.90 Å². The molecule has 0 N–H and O–H groups in total. The molecule has 0 aliphatic carbocycles. The molecule has 2 nitrogen and oxygen atoms in total. The Bertz CT molecular complexity index is 331. The fourth-order valence-corrected chi connectivity index (χ4v) is 1.70. The maximum absolute atomic E-state index is 12.2. The fourth-order valence-electron chi connectivity index (χ4n) is 1.39. The second-order valence-electron chi connectivity index (χ2n) is 3.39. The number of pyridine rings is 1. The molecule has 0 saturated carbocycles. The summed E-state index contributed by atoms with van der Waals surface area (Å²) in [6.45, 7) is 1.58. The van der Waals surface area contributed by atoms with Gasteiger partial charge in [-0.25, -0.2) is 13.8 Å². The van der Waals surface area contributed by atoms with Crippen LogP contribution in [-0.2, 0) is 5.33 Å². The Labute approximate surface area is 96.4 Å². The summed E-state index contributed by atoms with van der Waals surface area (Å²) in [6.07, 6.45) is -0.647. The molecule has 1 aromatic rings. The fraction of sp³-hybridized carbons (Fsp3) is 0.500. The number of rotatable bonds is 4. The van der Waals surface area contributed by atoms with Gasteiger partial charge in [0.2, 0.25) is 0 Å². The lowest BCUT2D eigenvalue weighted by Crippen LogP contribution is -2.25. The molecule has 84 valence electrons. The monoisotopic (exact) mass is 278 g/mol. The third-order valence-corrected chi connectivity index (χ3v) is 2.68.